The Labute approximate surface area is 107 Å². The van der Waals surface area contributed by atoms with Crippen LogP contribution in [0.5, 0.6) is 0 Å². The zero-order chi connectivity index (χ0) is 13.5. The molecular formula is C12H17FN2O2S. The molecule has 0 bridgehead atoms. The molecule has 0 radical (unpaired) electrons. The fourth-order valence-corrected chi connectivity index (χ4v) is 3.86. The summed E-state index contributed by atoms with van der Waals surface area (Å²) in [6, 6.07) is 3.42. The van der Waals surface area contributed by atoms with Crippen molar-refractivity contribution in [3.05, 3.63) is 24.0 Å². The van der Waals surface area contributed by atoms with Crippen LogP contribution in [0.2, 0.25) is 0 Å². The topological polar surface area (TPSA) is 63.4 Å². The number of sulfonamides is 1. The van der Waals surface area contributed by atoms with Crippen molar-refractivity contribution >= 4 is 15.7 Å². The van der Waals surface area contributed by atoms with Gasteiger partial charge in [0.25, 0.3) is 0 Å². The standard InChI is InChI=1S/C12H17FN2O2S/c1-8-6-15(7-9(8)2)18(16,17)12-4-10(13)3-11(14)5-12/h3-5,8-9H,6-7,14H2,1-2H3. The van der Waals surface area contributed by atoms with Gasteiger partial charge in [-0.1, -0.05) is 13.8 Å². The summed E-state index contributed by atoms with van der Waals surface area (Å²) in [5, 5.41) is 0. The van der Waals surface area contributed by atoms with Gasteiger partial charge in [0.15, 0.2) is 0 Å². The van der Waals surface area contributed by atoms with E-state index >= 15 is 0 Å². The second kappa shape index (κ2) is 4.51. The van der Waals surface area contributed by atoms with E-state index < -0.39 is 15.8 Å². The van der Waals surface area contributed by atoms with Crippen LogP contribution in [0.25, 0.3) is 0 Å². The van der Waals surface area contributed by atoms with Gasteiger partial charge in [-0.2, -0.15) is 4.31 Å². The molecule has 2 unspecified atom stereocenters. The molecule has 4 nitrogen and oxygen atoms in total. The van der Waals surface area contributed by atoms with E-state index in [1.165, 1.54) is 10.4 Å². The monoisotopic (exact) mass is 272 g/mol. The van der Waals surface area contributed by atoms with Crippen LogP contribution >= 0.6 is 0 Å². The summed E-state index contributed by atoms with van der Waals surface area (Å²) in [6.07, 6.45) is 0. The van der Waals surface area contributed by atoms with E-state index in [1.807, 2.05) is 13.8 Å². The molecule has 1 heterocycles. The van der Waals surface area contributed by atoms with Gasteiger partial charge in [0.1, 0.15) is 5.82 Å². The van der Waals surface area contributed by atoms with E-state index in [2.05, 4.69) is 0 Å². The quantitative estimate of drug-likeness (QED) is 0.833. The van der Waals surface area contributed by atoms with Crippen LogP contribution in [-0.2, 0) is 10.0 Å². The molecule has 0 spiro atoms. The predicted molar refractivity (Wildman–Crippen MR) is 67.9 cm³/mol. The van der Waals surface area contributed by atoms with Gasteiger partial charge in [-0.15, -0.1) is 0 Å². The largest absolute Gasteiger partial charge is 0.399 e. The van der Waals surface area contributed by atoms with Crippen molar-refractivity contribution in [1.82, 2.24) is 4.31 Å². The Morgan fingerprint density at radius 1 is 1.22 bits per heavy atom. The first-order valence-electron chi connectivity index (χ1n) is 5.87. The Morgan fingerprint density at radius 2 is 1.78 bits per heavy atom. The van der Waals surface area contributed by atoms with Crippen LogP contribution < -0.4 is 5.73 Å². The number of hydrogen-bond donors (Lipinski definition) is 1. The highest BCUT2D eigenvalue weighted by molar-refractivity contribution is 7.89. The van der Waals surface area contributed by atoms with Gasteiger partial charge >= 0.3 is 0 Å². The van der Waals surface area contributed by atoms with Gasteiger partial charge in [0.05, 0.1) is 4.90 Å². The van der Waals surface area contributed by atoms with Crippen LogP contribution in [-0.4, -0.2) is 25.8 Å². The SMILES string of the molecule is CC1CN(S(=O)(=O)c2cc(N)cc(F)c2)CC1C. The van der Waals surface area contributed by atoms with Crippen molar-refractivity contribution in [3.8, 4) is 0 Å². The second-order valence-corrected chi connectivity index (χ2v) is 6.93. The second-order valence-electron chi connectivity index (χ2n) is 5.00. The van der Waals surface area contributed by atoms with Crippen LogP contribution in [0.4, 0.5) is 10.1 Å². The third-order valence-electron chi connectivity index (χ3n) is 3.49. The Bertz CT molecular complexity index is 529. The zero-order valence-corrected chi connectivity index (χ0v) is 11.2. The third-order valence-corrected chi connectivity index (χ3v) is 5.30. The summed E-state index contributed by atoms with van der Waals surface area (Å²) in [5.41, 5.74) is 5.61. The van der Waals surface area contributed by atoms with Crippen molar-refractivity contribution in [1.29, 1.82) is 0 Å². The molecule has 0 aliphatic carbocycles. The molecule has 1 aliphatic heterocycles. The minimum atomic E-state index is -3.64. The van der Waals surface area contributed by atoms with E-state index in [0.29, 0.717) is 24.9 Å². The lowest BCUT2D eigenvalue weighted by Gasteiger charge is -2.16. The molecule has 2 atom stereocenters. The number of nitrogen functional groups attached to an aromatic ring is 1. The van der Waals surface area contributed by atoms with Gasteiger partial charge in [-0.25, -0.2) is 12.8 Å². The normalized spacial score (nSPS) is 25.5. The van der Waals surface area contributed by atoms with E-state index in [0.717, 1.165) is 12.1 Å². The van der Waals surface area contributed by atoms with E-state index in [1.54, 1.807) is 0 Å². The Morgan fingerprint density at radius 3 is 2.28 bits per heavy atom. The Kier molecular flexibility index (Phi) is 3.33. The van der Waals surface area contributed by atoms with Gasteiger partial charge < -0.3 is 5.73 Å². The lowest BCUT2D eigenvalue weighted by atomic mass is 10.0. The minimum absolute atomic E-state index is 0.0682. The maximum atomic E-state index is 13.2. The number of nitrogens with zero attached hydrogens (tertiary/aromatic N) is 1. The number of halogens is 1. The van der Waals surface area contributed by atoms with Crippen molar-refractivity contribution in [2.75, 3.05) is 18.8 Å². The molecule has 0 saturated carbocycles. The number of nitrogens with two attached hydrogens (primary N) is 1. The summed E-state index contributed by atoms with van der Waals surface area (Å²) in [6.45, 7) is 4.97. The molecule has 18 heavy (non-hydrogen) atoms. The van der Waals surface area contributed by atoms with Crippen molar-refractivity contribution in [2.24, 2.45) is 11.8 Å². The zero-order valence-electron chi connectivity index (χ0n) is 10.4. The smallest absolute Gasteiger partial charge is 0.243 e. The van der Waals surface area contributed by atoms with Gasteiger partial charge in [-0.3, -0.25) is 0 Å². The molecule has 0 aromatic heterocycles. The highest BCUT2D eigenvalue weighted by Gasteiger charge is 2.35. The highest BCUT2D eigenvalue weighted by atomic mass is 32.2. The number of hydrogen-bond acceptors (Lipinski definition) is 3. The fourth-order valence-electron chi connectivity index (χ4n) is 2.16. The highest BCUT2D eigenvalue weighted by Crippen LogP contribution is 2.28. The maximum Gasteiger partial charge on any atom is 0.243 e. The molecule has 1 aliphatic rings. The van der Waals surface area contributed by atoms with Crippen LogP contribution in [0.3, 0.4) is 0 Å². The fraction of sp³-hybridized carbons (Fsp3) is 0.500. The first kappa shape index (κ1) is 13.3. The average molecular weight is 272 g/mol. The molecule has 0 amide bonds. The summed E-state index contributed by atoms with van der Waals surface area (Å²) in [5.74, 6) is -0.00905. The van der Waals surface area contributed by atoms with Crippen molar-refractivity contribution in [3.63, 3.8) is 0 Å². The predicted octanol–water partition coefficient (Wildman–Crippen LogP) is 1.68. The van der Waals surface area contributed by atoms with E-state index in [9.17, 15) is 12.8 Å². The lowest BCUT2D eigenvalue weighted by molar-refractivity contribution is 0.462. The molecule has 2 N–H and O–H groups in total. The average Bonchev–Trinajstić information content (AvgIpc) is 2.58. The molecular weight excluding hydrogens is 255 g/mol. The third kappa shape index (κ3) is 2.35. The van der Waals surface area contributed by atoms with Gasteiger partial charge in [0.2, 0.25) is 10.0 Å². The van der Waals surface area contributed by atoms with Crippen LogP contribution in [0.15, 0.2) is 23.1 Å². The van der Waals surface area contributed by atoms with Crippen molar-refractivity contribution < 1.29 is 12.8 Å². The summed E-state index contributed by atoms with van der Waals surface area (Å²) in [7, 11) is -3.64. The number of rotatable bonds is 2. The Hall–Kier alpha value is -1.14. The molecule has 1 saturated heterocycles. The molecule has 1 aromatic carbocycles. The minimum Gasteiger partial charge on any atom is -0.399 e. The van der Waals surface area contributed by atoms with Gasteiger partial charge in [0, 0.05) is 18.8 Å². The molecule has 2 rings (SSSR count). The maximum absolute atomic E-state index is 13.2. The number of benzene rings is 1. The number of anilines is 1. The summed E-state index contributed by atoms with van der Waals surface area (Å²) in [4.78, 5) is -0.0682. The summed E-state index contributed by atoms with van der Waals surface area (Å²) < 4.78 is 39.3. The lowest BCUT2D eigenvalue weighted by Crippen LogP contribution is -2.29. The van der Waals surface area contributed by atoms with Gasteiger partial charge in [-0.05, 0) is 30.0 Å². The molecule has 1 aromatic rings. The van der Waals surface area contributed by atoms with Crippen LogP contribution in [0, 0.1) is 17.7 Å². The molecule has 100 valence electrons. The first-order chi connectivity index (χ1) is 8.30. The first-order valence-corrected chi connectivity index (χ1v) is 7.31. The van der Waals surface area contributed by atoms with Crippen molar-refractivity contribution in [2.45, 2.75) is 18.7 Å². The van der Waals surface area contributed by atoms with E-state index in [-0.39, 0.29) is 10.6 Å². The molecule has 1 fully saturated rings. The molecule has 6 heteroatoms. The van der Waals surface area contributed by atoms with E-state index in [4.69, 9.17) is 5.73 Å². The van der Waals surface area contributed by atoms with Crippen LogP contribution in [0.1, 0.15) is 13.8 Å². The Balaban J connectivity index is 2.37. The summed E-state index contributed by atoms with van der Waals surface area (Å²) >= 11 is 0.